The van der Waals surface area contributed by atoms with Crippen LogP contribution >= 0.6 is 23.2 Å². The third kappa shape index (κ3) is 34.5. The minimum Gasteiger partial charge on any atom is -0.508 e. The lowest BCUT2D eigenvalue weighted by molar-refractivity contribution is -0.137. The predicted molar refractivity (Wildman–Crippen MR) is 476 cm³/mol. The second-order valence-corrected chi connectivity index (χ2v) is 30.0. The van der Waals surface area contributed by atoms with E-state index in [1.54, 1.807) is 39.0 Å². The van der Waals surface area contributed by atoms with E-state index in [-0.39, 0.29) is 182 Å². The number of nitrogens with zero attached hydrogens (tertiary/aromatic N) is 7. The molecular weight excluding hydrogens is 1710 g/mol. The zero-order chi connectivity index (χ0) is 91.8. The molecule has 7 aliphatic heterocycles. The summed E-state index contributed by atoms with van der Waals surface area (Å²) in [5.41, 5.74) is 2.16. The molecule has 38 heteroatoms. The molecule has 0 radical (unpaired) electrons. The average molecular weight is 1820 g/mol. The number of aliphatic hydroxyl groups is 1. The molecule has 13 N–H and O–H groups in total. The van der Waals surface area contributed by atoms with Gasteiger partial charge in [0.2, 0.25) is 0 Å². The maximum Gasteiger partial charge on any atom is 0.342 e. The van der Waals surface area contributed by atoms with Gasteiger partial charge in [0.15, 0.2) is 26.4 Å². The van der Waals surface area contributed by atoms with Crippen LogP contribution in [0.25, 0.3) is 0 Å². The molecule has 0 bridgehead atoms. The maximum atomic E-state index is 12.7. The quantitative estimate of drug-likeness (QED) is 0.0243. The number of phenolic OH excluding ortho intramolecular Hbond substituents is 8. The number of fused-ring (bicyclic) bond motifs is 4. The number of benzene rings is 4. The number of halogens is 2. The third-order valence-corrected chi connectivity index (χ3v) is 20.4. The number of nitrogens with one attached hydrogen (secondary N) is 4. The van der Waals surface area contributed by atoms with Gasteiger partial charge in [0.25, 0.3) is 23.6 Å². The zero-order valence-electron chi connectivity index (χ0n) is 71.0. The van der Waals surface area contributed by atoms with Crippen LogP contribution in [-0.4, -0.2) is 276 Å². The molecule has 4 aromatic carbocycles. The number of amides is 4. The van der Waals surface area contributed by atoms with Crippen LogP contribution < -0.4 is 21.3 Å². The van der Waals surface area contributed by atoms with Crippen LogP contribution in [0, 0.1) is 0 Å². The molecule has 7 heterocycles. The van der Waals surface area contributed by atoms with Crippen LogP contribution in [0.3, 0.4) is 0 Å². The highest BCUT2D eigenvalue weighted by molar-refractivity contribution is 6.34. The molecule has 7 aliphatic rings. The number of rotatable bonds is 14. The van der Waals surface area contributed by atoms with Gasteiger partial charge >= 0.3 is 23.9 Å². The van der Waals surface area contributed by atoms with E-state index in [2.05, 4.69) is 41.9 Å². The van der Waals surface area contributed by atoms with Crippen LogP contribution in [0.2, 0.25) is 10.0 Å². The highest BCUT2D eigenvalue weighted by Crippen LogP contribution is 2.40. The number of phenols is 8. The SMILES string of the molecule is O=C(CO/N=C1/C=C/CC/C=C/CCOC(=O)c2c(O)cc(O)c(Cl)c2C1)NCCO.O=C1OCC/C=C/CC/C=C/C(=N/OCC(=O)N2CCNCC2)Cc2cc(O)cc(O)c21.O=C1OCC/C=C/CC/C=C/C(=N\OCC(=O)N2CCNCC2)Cc2c(Cl)c(O)cc(O)c21.O=C1OCC/C=C/CC/C=C/C(=N\OCC(=O)N2CCNCC2)Cc2cc(O)cc(O)c21. The molecule has 0 aliphatic carbocycles. The van der Waals surface area contributed by atoms with Crippen molar-refractivity contribution in [3.63, 3.8) is 0 Å². The molecule has 36 nitrogen and oxygen atoms in total. The number of ether oxygens (including phenoxy) is 4. The molecule has 128 heavy (non-hydrogen) atoms. The number of aliphatic hydroxyl groups excluding tert-OH is 1. The Kier molecular flexibility index (Phi) is 43.8. The second kappa shape index (κ2) is 55.7. The Morgan fingerprint density at radius 2 is 0.633 bits per heavy atom. The molecule has 3 fully saturated rings. The minimum atomic E-state index is -0.785. The molecule has 0 atom stereocenters. The lowest BCUT2D eigenvalue weighted by Gasteiger charge is -2.26. The van der Waals surface area contributed by atoms with E-state index >= 15 is 0 Å². The fraction of sp³-hybridized carbons (Fsp3) is 0.422. The lowest BCUT2D eigenvalue weighted by Crippen LogP contribution is -2.47. The lowest BCUT2D eigenvalue weighted by atomic mass is 9.99. The Labute approximate surface area is 750 Å². The second-order valence-electron chi connectivity index (χ2n) is 29.3. The standard InChI is InChI=1S/C23H28ClN3O6.2C23H29N3O6.C21H25ClN2O7/c24-22-17-13-16(26-33-15-20(30)27-10-8-25-9-11-27)7-5-3-1-2-4-6-12-32-23(31)21(17)18(28)14-19(22)29;2*27-19-14-17-13-18(25-32-16-21(29)26-10-8-24-9-11-26)7-5-3-1-2-4-6-12-31-23(30)22(17)20(28)15-19;22-20-15-11-14(24-31-13-18(28)23-8-9-25)7-5-3-1-2-4-6-10-30-21(29)19(15)16(26)12-17(20)27/h2,4-5,7,14,25,28-29H,1,3,6,8-13,15H2;2*2,4-5,7,14-15,24,27-28H,1,3,6,8-13,16H2;2,4-5,7,12,25-27H,1,3,6,8-11,13H2,(H,23,28)/b4-2+,7-5+,26-16+;4-2+,7-5+,25-18+;4-2+,7-5+,25-18-;4-2+,7-5+,24-14-. The first-order chi connectivity index (χ1) is 62.0. The van der Waals surface area contributed by atoms with Crippen LogP contribution in [0.1, 0.15) is 141 Å². The van der Waals surface area contributed by atoms with Crippen LogP contribution in [-0.2, 0) is 83.2 Å². The summed E-state index contributed by atoms with van der Waals surface area (Å²) in [6.07, 6.45) is 38.6. The highest BCUT2D eigenvalue weighted by atomic mass is 35.5. The van der Waals surface area contributed by atoms with E-state index in [0.29, 0.717) is 105 Å². The van der Waals surface area contributed by atoms with Gasteiger partial charge < -0.3 is 120 Å². The Morgan fingerprint density at radius 1 is 0.359 bits per heavy atom. The summed E-state index contributed by atoms with van der Waals surface area (Å²) in [7, 11) is 0. The summed E-state index contributed by atoms with van der Waals surface area (Å²) >= 11 is 12.5. The number of hydrogen-bond donors (Lipinski definition) is 13. The predicted octanol–water partition coefficient (Wildman–Crippen LogP) is 8.57. The van der Waals surface area contributed by atoms with Gasteiger partial charge in [-0.15, -0.1) is 0 Å². The van der Waals surface area contributed by atoms with Crippen molar-refractivity contribution < 1.29 is 123 Å². The van der Waals surface area contributed by atoms with Gasteiger partial charge in [-0.2, -0.15) is 0 Å². The van der Waals surface area contributed by atoms with Crippen molar-refractivity contribution in [1.29, 1.82) is 0 Å². The molecule has 690 valence electrons. The Bertz CT molecular complexity index is 4680. The van der Waals surface area contributed by atoms with Crippen LogP contribution in [0.15, 0.2) is 154 Å². The van der Waals surface area contributed by atoms with E-state index in [4.69, 9.17) is 66.6 Å². The highest BCUT2D eigenvalue weighted by Gasteiger charge is 2.29. The molecule has 0 unspecified atom stereocenters. The summed E-state index contributed by atoms with van der Waals surface area (Å²) in [5.74, 6) is -6.64. The van der Waals surface area contributed by atoms with Gasteiger partial charge in [-0.1, -0.05) is 117 Å². The van der Waals surface area contributed by atoms with Gasteiger partial charge in [-0.05, 0) is 136 Å². The van der Waals surface area contributed by atoms with E-state index in [9.17, 15) is 79.2 Å². The normalized spacial score (nSPS) is 20.4. The number of oxime groups is 4. The summed E-state index contributed by atoms with van der Waals surface area (Å²) in [5, 5.41) is 118. The van der Waals surface area contributed by atoms with Crippen molar-refractivity contribution >= 4 is 93.6 Å². The number of cyclic esters (lactones) is 4. The molecule has 11 rings (SSSR count). The molecule has 3 saturated heterocycles. The minimum absolute atomic E-state index is 0.0261. The van der Waals surface area contributed by atoms with Gasteiger partial charge in [-0.3, -0.25) is 19.2 Å². The number of hydrogen-bond acceptors (Lipinski definition) is 32. The zero-order valence-corrected chi connectivity index (χ0v) is 72.5. The average Bonchev–Trinajstić information content (AvgIpc) is 0.750. The molecule has 4 amide bonds. The molecule has 0 spiro atoms. The van der Waals surface area contributed by atoms with Crippen molar-refractivity contribution in [1.82, 2.24) is 36.0 Å². The fourth-order valence-electron chi connectivity index (χ4n) is 13.2. The van der Waals surface area contributed by atoms with Crippen LogP contribution in [0.4, 0.5) is 0 Å². The Hall–Kier alpha value is -12.7. The van der Waals surface area contributed by atoms with Crippen molar-refractivity contribution in [2.75, 3.05) is 145 Å². The van der Waals surface area contributed by atoms with E-state index in [1.807, 2.05) is 72.9 Å². The van der Waals surface area contributed by atoms with Gasteiger partial charge in [0.05, 0.1) is 65.9 Å². The molecule has 0 saturated carbocycles. The number of carbonyl (C=O) groups excluding carboxylic acids is 8. The van der Waals surface area contributed by atoms with Gasteiger partial charge in [0, 0.05) is 135 Å². The Morgan fingerprint density at radius 3 is 0.945 bits per heavy atom. The molecule has 0 aromatic heterocycles. The van der Waals surface area contributed by atoms with Gasteiger partial charge in [0.1, 0.15) is 68.2 Å². The van der Waals surface area contributed by atoms with E-state index in [1.165, 1.54) is 12.1 Å². The topological polar surface area (TPSA) is 500 Å². The fourth-order valence-corrected chi connectivity index (χ4v) is 13.6. The third-order valence-electron chi connectivity index (χ3n) is 19.6. The molecular formula is C90H111Cl2N11O25. The first-order valence-corrected chi connectivity index (χ1v) is 42.8. The number of piperazine rings is 3. The Balaban J connectivity index is 0.000000211. The number of esters is 4. The van der Waals surface area contributed by atoms with Crippen molar-refractivity contribution in [2.24, 2.45) is 20.6 Å². The number of allylic oxidation sites excluding steroid dienone is 12. The first kappa shape index (κ1) is 101. The van der Waals surface area contributed by atoms with E-state index < -0.39 is 47.0 Å². The monoisotopic (exact) mass is 1820 g/mol. The summed E-state index contributed by atoms with van der Waals surface area (Å²) < 4.78 is 21.0. The smallest absolute Gasteiger partial charge is 0.342 e. The van der Waals surface area contributed by atoms with Crippen molar-refractivity contribution in [3.8, 4) is 46.0 Å². The first-order valence-electron chi connectivity index (χ1n) is 42.1. The van der Waals surface area contributed by atoms with E-state index in [0.717, 1.165) is 108 Å². The summed E-state index contributed by atoms with van der Waals surface area (Å²) in [4.78, 5) is 125. The summed E-state index contributed by atoms with van der Waals surface area (Å²) in [6, 6.07) is 6.94. The van der Waals surface area contributed by atoms with Crippen molar-refractivity contribution in [2.45, 2.75) is 103 Å². The van der Waals surface area contributed by atoms with Crippen LogP contribution in [0.5, 0.6) is 46.0 Å². The van der Waals surface area contributed by atoms with Crippen molar-refractivity contribution in [3.05, 3.63) is 188 Å². The summed E-state index contributed by atoms with van der Waals surface area (Å²) in [6.45, 7) is 7.69. The van der Waals surface area contributed by atoms with Gasteiger partial charge in [-0.25, -0.2) is 19.2 Å². The number of aromatic hydroxyl groups is 8. The maximum absolute atomic E-state index is 12.7. The largest absolute Gasteiger partial charge is 0.508 e. The number of carbonyl (C=O) groups is 8. The molecule has 4 aromatic rings.